The van der Waals surface area contributed by atoms with Gasteiger partial charge in [-0.1, -0.05) is 5.16 Å². The molecule has 0 radical (unpaired) electrons. The van der Waals surface area contributed by atoms with Crippen molar-refractivity contribution in [3.63, 3.8) is 0 Å². The summed E-state index contributed by atoms with van der Waals surface area (Å²) in [5.41, 5.74) is 4.81. The summed E-state index contributed by atoms with van der Waals surface area (Å²) in [4.78, 5) is 23.6. The minimum Gasteiger partial charge on any atom is -0.361 e. The molecule has 0 N–H and O–H groups in total. The summed E-state index contributed by atoms with van der Waals surface area (Å²) in [7, 11) is 0. The molecule has 7 heteroatoms. The lowest BCUT2D eigenvalue weighted by atomic mass is 10.0. The fourth-order valence-electron chi connectivity index (χ4n) is 3.46. The van der Waals surface area contributed by atoms with Crippen LogP contribution in [0.2, 0.25) is 0 Å². The Morgan fingerprint density at radius 3 is 2.96 bits per heavy atom. The third kappa shape index (κ3) is 3.23. The number of aryl methyl sites for hydroxylation is 2. The fourth-order valence-corrected chi connectivity index (χ4v) is 3.81. The van der Waals surface area contributed by atoms with Crippen molar-refractivity contribution in [2.75, 3.05) is 6.54 Å². The van der Waals surface area contributed by atoms with Crippen LogP contribution in [0.15, 0.2) is 27.3 Å². The molecule has 0 unspecified atom stereocenters. The smallest absolute Gasteiger partial charge is 0.223 e. The topological polar surface area (TPSA) is 72.1 Å². The van der Waals surface area contributed by atoms with E-state index in [1.54, 1.807) is 6.20 Å². The summed E-state index contributed by atoms with van der Waals surface area (Å²) < 4.78 is 6.10. The molecule has 0 fully saturated rings. The molecule has 0 bridgehead atoms. The van der Waals surface area contributed by atoms with E-state index in [4.69, 9.17) is 4.52 Å². The number of carbonyl (C=O) groups excluding carboxylic acids is 1. The highest BCUT2D eigenvalue weighted by molar-refractivity contribution is 9.10. The summed E-state index contributed by atoms with van der Waals surface area (Å²) in [6.45, 7) is 5.10. The van der Waals surface area contributed by atoms with Gasteiger partial charge in [-0.15, -0.1) is 0 Å². The Morgan fingerprint density at radius 1 is 1.35 bits per heavy atom. The lowest BCUT2D eigenvalue weighted by molar-refractivity contribution is -0.132. The largest absolute Gasteiger partial charge is 0.361 e. The summed E-state index contributed by atoms with van der Waals surface area (Å²) in [5.74, 6) is 0.955. The van der Waals surface area contributed by atoms with Crippen molar-refractivity contribution in [2.45, 2.75) is 39.7 Å². The van der Waals surface area contributed by atoms with E-state index in [0.29, 0.717) is 25.9 Å². The van der Waals surface area contributed by atoms with Crippen LogP contribution < -0.4 is 0 Å². The molecule has 3 aromatic rings. The van der Waals surface area contributed by atoms with Crippen molar-refractivity contribution in [2.24, 2.45) is 0 Å². The van der Waals surface area contributed by atoms with Gasteiger partial charge in [-0.3, -0.25) is 4.79 Å². The molecular weight excluding hydrogens is 396 g/mol. The number of halogens is 1. The number of rotatable bonds is 3. The normalized spacial score (nSPS) is 13.9. The summed E-state index contributed by atoms with van der Waals surface area (Å²) in [6, 6.07) is 4.11. The van der Waals surface area contributed by atoms with E-state index in [1.807, 2.05) is 24.8 Å². The van der Waals surface area contributed by atoms with Gasteiger partial charge in [-0.05, 0) is 53.9 Å². The molecule has 6 nitrogen and oxygen atoms in total. The SMILES string of the molecule is Cc1noc(C)c1CCC(=O)N1CCc2nc3ncc(Br)cc3cc2C1. The van der Waals surface area contributed by atoms with Crippen LogP contribution in [0.25, 0.3) is 11.0 Å². The van der Waals surface area contributed by atoms with Gasteiger partial charge in [0.1, 0.15) is 5.76 Å². The number of pyridine rings is 2. The first-order valence-electron chi connectivity index (χ1n) is 8.65. The number of hydrogen-bond donors (Lipinski definition) is 0. The van der Waals surface area contributed by atoms with Gasteiger partial charge in [0.2, 0.25) is 5.91 Å². The molecule has 0 saturated heterocycles. The van der Waals surface area contributed by atoms with Crippen LogP contribution >= 0.6 is 15.9 Å². The van der Waals surface area contributed by atoms with Gasteiger partial charge in [0, 0.05) is 53.2 Å². The van der Waals surface area contributed by atoms with Crippen LogP contribution in [-0.4, -0.2) is 32.5 Å². The average molecular weight is 415 g/mol. The maximum Gasteiger partial charge on any atom is 0.223 e. The van der Waals surface area contributed by atoms with Crippen LogP contribution in [-0.2, 0) is 24.2 Å². The van der Waals surface area contributed by atoms with Crippen LogP contribution in [0.3, 0.4) is 0 Å². The van der Waals surface area contributed by atoms with E-state index in [2.05, 4.69) is 37.1 Å². The fraction of sp³-hybridized carbons (Fsp3) is 0.368. The molecule has 1 amide bonds. The van der Waals surface area contributed by atoms with Gasteiger partial charge in [0.05, 0.1) is 5.69 Å². The van der Waals surface area contributed by atoms with Crippen LogP contribution in [0, 0.1) is 13.8 Å². The molecule has 0 saturated carbocycles. The lowest BCUT2D eigenvalue weighted by Crippen LogP contribution is -2.36. The van der Waals surface area contributed by atoms with E-state index in [9.17, 15) is 4.79 Å². The number of fused-ring (bicyclic) bond motifs is 2. The molecule has 4 heterocycles. The van der Waals surface area contributed by atoms with Crippen molar-refractivity contribution >= 4 is 32.9 Å². The van der Waals surface area contributed by atoms with Crippen molar-refractivity contribution in [1.82, 2.24) is 20.0 Å². The quantitative estimate of drug-likeness (QED) is 0.655. The van der Waals surface area contributed by atoms with E-state index in [-0.39, 0.29) is 5.91 Å². The van der Waals surface area contributed by atoms with Crippen LogP contribution in [0.1, 0.15) is 34.7 Å². The Bertz CT molecular complexity index is 979. The minimum atomic E-state index is 0.156. The molecule has 0 spiro atoms. The third-order valence-corrected chi connectivity index (χ3v) is 5.34. The predicted octanol–water partition coefficient (Wildman–Crippen LogP) is 3.51. The van der Waals surface area contributed by atoms with Crippen molar-refractivity contribution in [3.8, 4) is 0 Å². The highest BCUT2D eigenvalue weighted by atomic mass is 79.9. The van der Waals surface area contributed by atoms with Crippen LogP contribution in [0.4, 0.5) is 0 Å². The van der Waals surface area contributed by atoms with Crippen LogP contribution in [0.5, 0.6) is 0 Å². The standard InChI is InChI=1S/C19H19BrN4O2/c1-11-16(12(2)26-23-11)3-4-18(25)24-6-5-17-14(10-24)7-13-8-15(20)9-21-19(13)22-17/h7-9H,3-6,10H2,1-2H3. The first-order valence-corrected chi connectivity index (χ1v) is 9.44. The molecule has 4 rings (SSSR count). The number of amides is 1. The minimum absolute atomic E-state index is 0.156. The Labute approximate surface area is 159 Å². The summed E-state index contributed by atoms with van der Waals surface area (Å²) in [5, 5.41) is 4.94. The van der Waals surface area contributed by atoms with Crippen molar-refractivity contribution < 1.29 is 9.32 Å². The molecular formula is C19H19BrN4O2. The Morgan fingerprint density at radius 2 is 2.19 bits per heavy atom. The zero-order valence-electron chi connectivity index (χ0n) is 14.8. The lowest BCUT2D eigenvalue weighted by Gasteiger charge is -2.28. The second-order valence-electron chi connectivity index (χ2n) is 6.66. The van der Waals surface area contributed by atoms with E-state index < -0.39 is 0 Å². The van der Waals surface area contributed by atoms with E-state index in [1.165, 1.54) is 0 Å². The summed E-state index contributed by atoms with van der Waals surface area (Å²) in [6.07, 6.45) is 3.65. The average Bonchev–Trinajstić information content (AvgIpc) is 2.95. The molecule has 134 valence electrons. The molecule has 0 aliphatic carbocycles. The molecule has 3 aromatic heterocycles. The number of nitrogens with zero attached hydrogens (tertiary/aromatic N) is 4. The molecule has 1 aliphatic rings. The number of hydrogen-bond acceptors (Lipinski definition) is 5. The Kier molecular flexibility index (Phi) is 4.48. The number of aromatic nitrogens is 3. The number of carbonyl (C=O) groups is 1. The maximum atomic E-state index is 12.7. The van der Waals surface area contributed by atoms with Gasteiger partial charge in [0.15, 0.2) is 5.65 Å². The molecule has 1 aliphatic heterocycles. The van der Waals surface area contributed by atoms with Crippen molar-refractivity contribution in [1.29, 1.82) is 0 Å². The monoisotopic (exact) mass is 414 g/mol. The second-order valence-corrected chi connectivity index (χ2v) is 7.58. The predicted molar refractivity (Wildman–Crippen MR) is 101 cm³/mol. The van der Waals surface area contributed by atoms with Crippen molar-refractivity contribution in [3.05, 3.63) is 51.1 Å². The highest BCUT2D eigenvalue weighted by Gasteiger charge is 2.23. The van der Waals surface area contributed by atoms with Gasteiger partial charge in [-0.2, -0.15) is 0 Å². The highest BCUT2D eigenvalue weighted by Crippen LogP contribution is 2.24. The molecule has 0 aromatic carbocycles. The van der Waals surface area contributed by atoms with E-state index >= 15 is 0 Å². The first-order chi connectivity index (χ1) is 12.5. The van der Waals surface area contributed by atoms with Gasteiger partial charge in [0.25, 0.3) is 0 Å². The van der Waals surface area contributed by atoms with Gasteiger partial charge < -0.3 is 9.42 Å². The first kappa shape index (κ1) is 17.1. The molecule has 26 heavy (non-hydrogen) atoms. The second kappa shape index (κ2) is 6.79. The Hall–Kier alpha value is -2.28. The van der Waals surface area contributed by atoms with E-state index in [0.717, 1.165) is 50.2 Å². The zero-order chi connectivity index (χ0) is 18.3. The zero-order valence-corrected chi connectivity index (χ0v) is 16.3. The third-order valence-electron chi connectivity index (χ3n) is 4.91. The maximum absolute atomic E-state index is 12.7. The molecule has 0 atom stereocenters. The summed E-state index contributed by atoms with van der Waals surface area (Å²) >= 11 is 3.45. The Balaban J connectivity index is 1.49. The van der Waals surface area contributed by atoms with Gasteiger partial charge in [-0.25, -0.2) is 9.97 Å². The van der Waals surface area contributed by atoms with Gasteiger partial charge >= 0.3 is 0 Å².